The van der Waals surface area contributed by atoms with Crippen molar-refractivity contribution in [3.63, 3.8) is 0 Å². The van der Waals surface area contributed by atoms with Crippen LogP contribution in [0.1, 0.15) is 6.42 Å². The smallest absolute Gasteiger partial charge is 0.242 e. The summed E-state index contributed by atoms with van der Waals surface area (Å²) in [7, 11) is 0. The maximum Gasteiger partial charge on any atom is 0.242 e. The molecule has 1 amide bonds. The number of hydrogen-bond donors (Lipinski definition) is 1. The number of rotatable bonds is 1. The first-order valence-corrected chi connectivity index (χ1v) is 4.48. The first-order valence-electron chi connectivity index (χ1n) is 4.48. The Bertz CT molecular complexity index is 174. The second kappa shape index (κ2) is 3.41. The van der Waals surface area contributed by atoms with E-state index in [0.717, 1.165) is 32.7 Å². The van der Waals surface area contributed by atoms with E-state index in [4.69, 9.17) is 4.74 Å². The summed E-state index contributed by atoms with van der Waals surface area (Å²) >= 11 is 0. The van der Waals surface area contributed by atoms with Gasteiger partial charge in [0, 0.05) is 19.6 Å². The number of amides is 1. The zero-order chi connectivity index (χ0) is 8.39. The van der Waals surface area contributed by atoms with Gasteiger partial charge in [-0.05, 0) is 6.42 Å². The molecule has 2 saturated heterocycles. The number of morpholine rings is 1. The Labute approximate surface area is 71.9 Å². The molecule has 12 heavy (non-hydrogen) atoms. The fourth-order valence-corrected chi connectivity index (χ4v) is 1.48. The van der Waals surface area contributed by atoms with Gasteiger partial charge in [0.05, 0.1) is 13.2 Å². The van der Waals surface area contributed by atoms with E-state index in [1.165, 1.54) is 0 Å². The Hall–Kier alpha value is -0.610. The van der Waals surface area contributed by atoms with Crippen LogP contribution in [-0.4, -0.2) is 49.7 Å². The van der Waals surface area contributed by atoms with Crippen LogP contribution in [0.3, 0.4) is 0 Å². The zero-order valence-corrected chi connectivity index (χ0v) is 7.08. The Morgan fingerprint density at radius 1 is 1.50 bits per heavy atom. The molecule has 0 spiro atoms. The highest BCUT2D eigenvalue weighted by Crippen LogP contribution is 2.09. The highest BCUT2D eigenvalue weighted by molar-refractivity contribution is 5.82. The van der Waals surface area contributed by atoms with Crippen LogP contribution in [0.5, 0.6) is 0 Å². The van der Waals surface area contributed by atoms with Crippen LogP contribution in [0.2, 0.25) is 0 Å². The van der Waals surface area contributed by atoms with Crippen molar-refractivity contribution in [2.24, 2.45) is 0 Å². The van der Waals surface area contributed by atoms with Crippen LogP contribution in [0.25, 0.3) is 0 Å². The third-order valence-corrected chi connectivity index (χ3v) is 2.39. The van der Waals surface area contributed by atoms with Crippen molar-refractivity contribution in [1.82, 2.24) is 10.2 Å². The summed E-state index contributed by atoms with van der Waals surface area (Å²) in [6.07, 6.45) is 1.15. The molecular weight excluding hydrogens is 156 g/mol. The highest BCUT2D eigenvalue weighted by atomic mass is 16.5. The lowest BCUT2D eigenvalue weighted by atomic mass is 10.1. The van der Waals surface area contributed by atoms with E-state index >= 15 is 0 Å². The molecule has 0 saturated carbocycles. The Morgan fingerprint density at radius 2 is 2.33 bits per heavy atom. The Morgan fingerprint density at radius 3 is 2.83 bits per heavy atom. The van der Waals surface area contributed by atoms with Crippen LogP contribution in [0.15, 0.2) is 0 Å². The molecule has 0 aromatic carbocycles. The molecule has 2 aliphatic heterocycles. The maximum absolute atomic E-state index is 11.6. The molecule has 2 heterocycles. The van der Waals surface area contributed by atoms with E-state index < -0.39 is 0 Å². The summed E-state index contributed by atoms with van der Waals surface area (Å²) in [6.45, 7) is 3.91. The Kier molecular flexibility index (Phi) is 2.28. The predicted molar refractivity (Wildman–Crippen MR) is 43.8 cm³/mol. The van der Waals surface area contributed by atoms with Gasteiger partial charge in [0.2, 0.25) is 5.91 Å². The predicted octanol–water partition coefficient (Wildman–Crippen LogP) is -0.793. The topological polar surface area (TPSA) is 41.6 Å². The molecule has 1 N–H and O–H groups in total. The van der Waals surface area contributed by atoms with Crippen molar-refractivity contribution in [3.8, 4) is 0 Å². The Balaban J connectivity index is 1.84. The van der Waals surface area contributed by atoms with Gasteiger partial charge in [0.25, 0.3) is 0 Å². The molecule has 0 radical (unpaired) electrons. The summed E-state index contributed by atoms with van der Waals surface area (Å²) in [5, 5.41) is 3.15. The summed E-state index contributed by atoms with van der Waals surface area (Å²) in [4.78, 5) is 13.4. The number of ether oxygens (including phenoxy) is 1. The molecular formula is C8H14N2O2. The van der Waals surface area contributed by atoms with Crippen LogP contribution < -0.4 is 5.32 Å². The lowest BCUT2D eigenvalue weighted by Gasteiger charge is -2.35. The second-order valence-electron chi connectivity index (χ2n) is 3.26. The zero-order valence-electron chi connectivity index (χ0n) is 7.08. The SMILES string of the molecule is O=C(C1COCCN1)N1CCC1. The monoisotopic (exact) mass is 170 g/mol. The first-order chi connectivity index (χ1) is 5.88. The summed E-state index contributed by atoms with van der Waals surface area (Å²) in [6, 6.07) is -0.0842. The minimum absolute atomic E-state index is 0.0842. The fourth-order valence-electron chi connectivity index (χ4n) is 1.48. The van der Waals surface area contributed by atoms with Crippen molar-refractivity contribution in [2.45, 2.75) is 12.5 Å². The normalized spacial score (nSPS) is 29.7. The third-order valence-electron chi connectivity index (χ3n) is 2.39. The van der Waals surface area contributed by atoms with Crippen molar-refractivity contribution >= 4 is 5.91 Å². The number of hydrogen-bond acceptors (Lipinski definition) is 3. The number of nitrogens with zero attached hydrogens (tertiary/aromatic N) is 1. The molecule has 2 rings (SSSR count). The van der Waals surface area contributed by atoms with Crippen molar-refractivity contribution in [1.29, 1.82) is 0 Å². The molecule has 0 bridgehead atoms. The molecule has 4 heteroatoms. The van der Waals surface area contributed by atoms with Gasteiger partial charge < -0.3 is 15.0 Å². The number of likely N-dealkylation sites (tertiary alicyclic amines) is 1. The van der Waals surface area contributed by atoms with Gasteiger partial charge in [0.1, 0.15) is 6.04 Å². The van der Waals surface area contributed by atoms with Crippen molar-refractivity contribution in [3.05, 3.63) is 0 Å². The van der Waals surface area contributed by atoms with Crippen LogP contribution in [0.4, 0.5) is 0 Å². The van der Waals surface area contributed by atoms with Gasteiger partial charge in [-0.3, -0.25) is 4.79 Å². The third kappa shape index (κ3) is 1.44. The summed E-state index contributed by atoms with van der Waals surface area (Å²) in [5.41, 5.74) is 0. The molecule has 0 aromatic heterocycles. The van der Waals surface area contributed by atoms with E-state index in [9.17, 15) is 4.79 Å². The lowest BCUT2D eigenvalue weighted by Crippen LogP contribution is -2.55. The van der Waals surface area contributed by atoms with E-state index in [0.29, 0.717) is 6.61 Å². The molecule has 1 atom stereocenters. The van der Waals surface area contributed by atoms with E-state index in [1.54, 1.807) is 0 Å². The quantitative estimate of drug-likeness (QED) is 0.560. The average molecular weight is 170 g/mol. The molecule has 0 aliphatic carbocycles. The van der Waals surface area contributed by atoms with Crippen molar-refractivity contribution in [2.75, 3.05) is 32.8 Å². The largest absolute Gasteiger partial charge is 0.378 e. The van der Waals surface area contributed by atoms with Gasteiger partial charge in [-0.1, -0.05) is 0 Å². The van der Waals surface area contributed by atoms with Crippen LogP contribution in [-0.2, 0) is 9.53 Å². The second-order valence-corrected chi connectivity index (χ2v) is 3.26. The summed E-state index contributed by atoms with van der Waals surface area (Å²) in [5.74, 6) is 0.209. The molecule has 2 fully saturated rings. The number of carbonyl (C=O) groups is 1. The lowest BCUT2D eigenvalue weighted by molar-refractivity contribution is -0.139. The standard InChI is InChI=1S/C8H14N2O2/c11-8(10-3-1-4-10)7-6-12-5-2-9-7/h7,9H,1-6H2. The van der Waals surface area contributed by atoms with E-state index in [1.807, 2.05) is 4.90 Å². The number of carbonyl (C=O) groups excluding carboxylic acids is 1. The van der Waals surface area contributed by atoms with Gasteiger partial charge >= 0.3 is 0 Å². The van der Waals surface area contributed by atoms with Gasteiger partial charge in [-0.2, -0.15) is 0 Å². The van der Waals surface area contributed by atoms with Crippen LogP contribution in [0, 0.1) is 0 Å². The van der Waals surface area contributed by atoms with Gasteiger partial charge in [-0.25, -0.2) is 0 Å². The molecule has 68 valence electrons. The molecule has 2 aliphatic rings. The first kappa shape index (κ1) is 8.01. The number of nitrogens with one attached hydrogen (secondary N) is 1. The minimum Gasteiger partial charge on any atom is -0.378 e. The summed E-state index contributed by atoms with van der Waals surface area (Å²) < 4.78 is 5.21. The van der Waals surface area contributed by atoms with Gasteiger partial charge in [-0.15, -0.1) is 0 Å². The van der Waals surface area contributed by atoms with E-state index in [2.05, 4.69) is 5.32 Å². The average Bonchev–Trinajstić information content (AvgIpc) is 2.03. The molecule has 1 unspecified atom stereocenters. The molecule has 4 nitrogen and oxygen atoms in total. The fraction of sp³-hybridized carbons (Fsp3) is 0.875. The minimum atomic E-state index is -0.0842. The van der Waals surface area contributed by atoms with Crippen molar-refractivity contribution < 1.29 is 9.53 Å². The van der Waals surface area contributed by atoms with Crippen LogP contribution >= 0.6 is 0 Å². The highest BCUT2D eigenvalue weighted by Gasteiger charge is 2.28. The molecule has 0 aromatic rings. The van der Waals surface area contributed by atoms with Gasteiger partial charge in [0.15, 0.2) is 0 Å². The maximum atomic E-state index is 11.6. The van der Waals surface area contributed by atoms with E-state index in [-0.39, 0.29) is 11.9 Å².